The second-order valence-electron chi connectivity index (χ2n) is 3.32. The third-order valence-corrected chi connectivity index (χ3v) is 3.84. The number of benzene rings is 1. The van der Waals surface area contributed by atoms with E-state index in [1.165, 1.54) is 23.2 Å². The molecule has 1 aromatic carbocycles. The number of nitrogens with zero attached hydrogens (tertiary/aromatic N) is 1. The number of ketones is 1. The maximum Gasteiger partial charge on any atom is 0.178 e. The van der Waals surface area contributed by atoms with Gasteiger partial charge in [0.05, 0.1) is 0 Å². The third-order valence-electron chi connectivity index (χ3n) is 2.20. The van der Waals surface area contributed by atoms with E-state index in [4.69, 9.17) is 0 Å². The van der Waals surface area contributed by atoms with Crippen molar-refractivity contribution in [1.82, 2.24) is 4.98 Å². The van der Waals surface area contributed by atoms with E-state index in [-0.39, 0.29) is 5.78 Å². The van der Waals surface area contributed by atoms with Crippen molar-refractivity contribution in [3.8, 4) is 10.6 Å². The highest BCUT2D eigenvalue weighted by Gasteiger charge is 2.07. The summed E-state index contributed by atoms with van der Waals surface area (Å²) in [4.78, 5) is 16.7. The Hall–Kier alpha value is -1.13. The normalized spacial score (nSPS) is 10.4. The molecule has 0 saturated carbocycles. The van der Waals surface area contributed by atoms with Gasteiger partial charge in [-0.2, -0.15) is 0 Å². The van der Waals surface area contributed by atoms with Crippen LogP contribution >= 0.6 is 23.1 Å². The summed E-state index contributed by atoms with van der Waals surface area (Å²) in [6.45, 7) is 1.54. The summed E-state index contributed by atoms with van der Waals surface area (Å²) in [6.07, 6.45) is 2.05. The molecule has 16 heavy (non-hydrogen) atoms. The summed E-state index contributed by atoms with van der Waals surface area (Å²) in [5, 5.41) is 2.71. The summed E-state index contributed by atoms with van der Waals surface area (Å²) < 4.78 is 0. The molecule has 2 rings (SSSR count). The molecule has 0 fully saturated rings. The predicted octanol–water partition coefficient (Wildman–Crippen LogP) is 3.73. The minimum atomic E-state index is 0.0169. The van der Waals surface area contributed by atoms with Crippen LogP contribution < -0.4 is 0 Å². The minimum absolute atomic E-state index is 0.0169. The molecule has 1 aromatic heterocycles. The number of hydrogen-bond acceptors (Lipinski definition) is 4. The molecule has 82 valence electrons. The molecule has 0 aliphatic carbocycles. The second-order valence-corrected chi connectivity index (χ2v) is 5.06. The largest absolute Gasteiger partial charge is 0.293 e. The number of thioether (sulfide) groups is 1. The van der Waals surface area contributed by atoms with Crippen molar-refractivity contribution < 1.29 is 4.79 Å². The second kappa shape index (κ2) is 4.80. The van der Waals surface area contributed by atoms with E-state index in [9.17, 15) is 4.79 Å². The summed E-state index contributed by atoms with van der Waals surface area (Å²) in [6, 6.07) is 8.20. The first-order valence-electron chi connectivity index (χ1n) is 4.81. The highest BCUT2D eigenvalue weighted by atomic mass is 32.2. The van der Waals surface area contributed by atoms with Gasteiger partial charge in [0, 0.05) is 22.8 Å². The van der Waals surface area contributed by atoms with Crippen LogP contribution in [0.5, 0.6) is 0 Å². The molecule has 2 aromatic rings. The molecular weight excluding hydrogens is 238 g/mol. The Bertz CT molecular complexity index is 502. The zero-order chi connectivity index (χ0) is 11.5. The zero-order valence-electron chi connectivity index (χ0n) is 9.06. The average molecular weight is 249 g/mol. The first kappa shape index (κ1) is 11.4. The Morgan fingerprint density at radius 2 is 2.00 bits per heavy atom. The van der Waals surface area contributed by atoms with Gasteiger partial charge in [0.25, 0.3) is 0 Å². The lowest BCUT2D eigenvalue weighted by atomic mass is 10.2. The molecule has 4 heteroatoms. The van der Waals surface area contributed by atoms with E-state index in [1.54, 1.807) is 17.1 Å². The van der Waals surface area contributed by atoms with Crippen LogP contribution in [0.25, 0.3) is 10.6 Å². The number of aromatic nitrogens is 1. The molecule has 0 aliphatic rings. The van der Waals surface area contributed by atoms with Gasteiger partial charge in [0.2, 0.25) is 0 Å². The standard InChI is InChI=1S/C12H11NOS2/c1-8(14)11-7-16-12(13-11)9-3-5-10(15-2)6-4-9/h3-7H,1-2H3. The fourth-order valence-electron chi connectivity index (χ4n) is 1.30. The minimum Gasteiger partial charge on any atom is -0.293 e. The molecule has 0 saturated heterocycles. The van der Waals surface area contributed by atoms with Crippen molar-refractivity contribution in [2.24, 2.45) is 0 Å². The molecule has 0 spiro atoms. The van der Waals surface area contributed by atoms with Crippen LogP contribution in [0.2, 0.25) is 0 Å². The van der Waals surface area contributed by atoms with Crippen LogP contribution in [-0.2, 0) is 0 Å². The summed E-state index contributed by atoms with van der Waals surface area (Å²) >= 11 is 3.22. The summed E-state index contributed by atoms with van der Waals surface area (Å²) in [5.74, 6) is 0.0169. The van der Waals surface area contributed by atoms with Crippen LogP contribution in [0.1, 0.15) is 17.4 Å². The molecule has 1 heterocycles. The summed E-state index contributed by atoms with van der Waals surface area (Å²) in [7, 11) is 0. The number of thiazole rings is 1. The number of carbonyl (C=O) groups excluding carboxylic acids is 1. The number of carbonyl (C=O) groups is 1. The molecule has 0 unspecified atom stereocenters. The van der Waals surface area contributed by atoms with Gasteiger partial charge in [-0.25, -0.2) is 4.98 Å². The van der Waals surface area contributed by atoms with E-state index < -0.39 is 0 Å². The van der Waals surface area contributed by atoms with Crippen LogP contribution in [-0.4, -0.2) is 17.0 Å². The van der Waals surface area contributed by atoms with Gasteiger partial charge in [-0.1, -0.05) is 12.1 Å². The van der Waals surface area contributed by atoms with Crippen LogP contribution in [0.4, 0.5) is 0 Å². The van der Waals surface area contributed by atoms with Gasteiger partial charge in [0.1, 0.15) is 10.7 Å². The average Bonchev–Trinajstić information content (AvgIpc) is 2.78. The van der Waals surface area contributed by atoms with Crippen molar-refractivity contribution in [3.05, 3.63) is 35.3 Å². The lowest BCUT2D eigenvalue weighted by Gasteiger charge is -1.98. The quantitative estimate of drug-likeness (QED) is 0.613. The topological polar surface area (TPSA) is 30.0 Å². The lowest BCUT2D eigenvalue weighted by molar-refractivity contribution is 0.101. The van der Waals surface area contributed by atoms with E-state index in [2.05, 4.69) is 17.1 Å². The Morgan fingerprint density at radius 1 is 1.31 bits per heavy atom. The highest BCUT2D eigenvalue weighted by Crippen LogP contribution is 2.26. The van der Waals surface area contributed by atoms with E-state index in [0.717, 1.165) is 10.6 Å². The zero-order valence-corrected chi connectivity index (χ0v) is 10.7. The van der Waals surface area contributed by atoms with Crippen molar-refractivity contribution in [2.45, 2.75) is 11.8 Å². The van der Waals surface area contributed by atoms with Crippen molar-refractivity contribution in [3.63, 3.8) is 0 Å². The molecule has 0 N–H and O–H groups in total. The fourth-order valence-corrected chi connectivity index (χ4v) is 2.58. The first-order chi connectivity index (χ1) is 7.70. The Kier molecular flexibility index (Phi) is 3.41. The van der Waals surface area contributed by atoms with Crippen LogP contribution in [0.15, 0.2) is 34.5 Å². The van der Waals surface area contributed by atoms with Gasteiger partial charge >= 0.3 is 0 Å². The van der Waals surface area contributed by atoms with Crippen LogP contribution in [0, 0.1) is 0 Å². The number of hydrogen-bond donors (Lipinski definition) is 0. The monoisotopic (exact) mass is 249 g/mol. The fraction of sp³-hybridized carbons (Fsp3) is 0.167. The van der Waals surface area contributed by atoms with Crippen molar-refractivity contribution in [2.75, 3.05) is 6.26 Å². The van der Waals surface area contributed by atoms with Gasteiger partial charge in [-0.3, -0.25) is 4.79 Å². The van der Waals surface area contributed by atoms with Crippen molar-refractivity contribution in [1.29, 1.82) is 0 Å². The Morgan fingerprint density at radius 3 is 2.50 bits per heavy atom. The Labute approximate surface area is 103 Å². The highest BCUT2D eigenvalue weighted by molar-refractivity contribution is 7.98. The maximum absolute atomic E-state index is 11.1. The smallest absolute Gasteiger partial charge is 0.178 e. The Balaban J connectivity index is 2.31. The van der Waals surface area contributed by atoms with Gasteiger partial charge in [-0.15, -0.1) is 23.1 Å². The lowest BCUT2D eigenvalue weighted by Crippen LogP contribution is -1.91. The summed E-state index contributed by atoms with van der Waals surface area (Å²) in [5.41, 5.74) is 1.62. The van der Waals surface area contributed by atoms with E-state index >= 15 is 0 Å². The molecule has 0 bridgehead atoms. The maximum atomic E-state index is 11.1. The number of rotatable bonds is 3. The van der Waals surface area contributed by atoms with Gasteiger partial charge in [0.15, 0.2) is 5.78 Å². The molecule has 0 radical (unpaired) electrons. The van der Waals surface area contributed by atoms with Gasteiger partial charge in [-0.05, 0) is 18.4 Å². The molecular formula is C12H11NOS2. The van der Waals surface area contributed by atoms with E-state index in [0.29, 0.717) is 5.69 Å². The molecule has 0 aliphatic heterocycles. The molecule has 0 amide bonds. The predicted molar refractivity (Wildman–Crippen MR) is 69.3 cm³/mol. The number of Topliss-reactive ketones (excluding diaryl/α,β-unsaturated/α-hetero) is 1. The molecule has 2 nitrogen and oxygen atoms in total. The molecule has 0 atom stereocenters. The first-order valence-corrected chi connectivity index (χ1v) is 6.92. The SMILES string of the molecule is CSc1ccc(-c2nc(C(C)=O)cs2)cc1. The van der Waals surface area contributed by atoms with Crippen molar-refractivity contribution >= 4 is 28.9 Å². The van der Waals surface area contributed by atoms with Gasteiger partial charge < -0.3 is 0 Å². The third kappa shape index (κ3) is 2.33. The van der Waals surface area contributed by atoms with Crippen LogP contribution in [0.3, 0.4) is 0 Å². The van der Waals surface area contributed by atoms with E-state index in [1.807, 2.05) is 18.4 Å².